The van der Waals surface area contributed by atoms with Gasteiger partial charge in [0.25, 0.3) is 0 Å². The molecule has 1 aromatic carbocycles. The van der Waals surface area contributed by atoms with Crippen molar-refractivity contribution in [1.82, 2.24) is 5.32 Å². The largest absolute Gasteiger partial charge is 0.296 e. The van der Waals surface area contributed by atoms with Crippen molar-refractivity contribution < 1.29 is 9.59 Å². The Morgan fingerprint density at radius 2 is 2.00 bits per heavy atom. The molecular weight excluding hydrogens is 274 g/mol. The maximum absolute atomic E-state index is 12.4. The molecule has 0 aromatic heterocycles. The van der Waals surface area contributed by atoms with Crippen LogP contribution in [0.3, 0.4) is 0 Å². The molecule has 1 saturated heterocycles. The first-order valence-corrected chi connectivity index (χ1v) is 7.45. The first-order chi connectivity index (χ1) is 9.49. The van der Waals surface area contributed by atoms with Gasteiger partial charge in [0.1, 0.15) is 0 Å². The van der Waals surface area contributed by atoms with E-state index in [2.05, 4.69) is 12.2 Å². The van der Waals surface area contributed by atoms with Crippen LogP contribution in [0.25, 0.3) is 0 Å². The fraction of sp³-hybridized carbons (Fsp3) is 0.500. The molecule has 1 aromatic rings. The number of benzene rings is 1. The second kappa shape index (κ2) is 4.88. The SMILES string of the molecule is CC1(CC2CC2)CC(=O)NC(=O)C1c1ccccc1Cl. The zero-order valence-corrected chi connectivity index (χ0v) is 12.2. The number of nitrogens with one attached hydrogen (secondary N) is 1. The van der Waals surface area contributed by atoms with Crippen molar-refractivity contribution in [2.45, 2.75) is 38.5 Å². The Labute approximate surface area is 123 Å². The van der Waals surface area contributed by atoms with E-state index in [-0.39, 0.29) is 23.1 Å². The van der Waals surface area contributed by atoms with E-state index in [0.29, 0.717) is 17.4 Å². The minimum Gasteiger partial charge on any atom is -0.296 e. The second-order valence-corrected chi connectivity index (χ2v) is 6.75. The molecule has 0 radical (unpaired) electrons. The summed E-state index contributed by atoms with van der Waals surface area (Å²) in [6.07, 6.45) is 3.73. The third-order valence-corrected chi connectivity index (χ3v) is 4.80. The van der Waals surface area contributed by atoms with Gasteiger partial charge in [0.2, 0.25) is 11.8 Å². The Bertz CT molecular complexity index is 567. The molecule has 4 heteroatoms. The van der Waals surface area contributed by atoms with Gasteiger partial charge >= 0.3 is 0 Å². The molecule has 0 spiro atoms. The number of rotatable bonds is 3. The molecule has 1 aliphatic carbocycles. The van der Waals surface area contributed by atoms with Crippen molar-refractivity contribution in [2.75, 3.05) is 0 Å². The first kappa shape index (κ1) is 13.6. The Kier molecular flexibility index (Phi) is 3.33. The van der Waals surface area contributed by atoms with E-state index in [9.17, 15) is 9.59 Å². The zero-order chi connectivity index (χ0) is 14.3. The highest BCUT2D eigenvalue weighted by molar-refractivity contribution is 6.31. The van der Waals surface area contributed by atoms with Gasteiger partial charge in [-0.05, 0) is 29.4 Å². The summed E-state index contributed by atoms with van der Waals surface area (Å²) in [4.78, 5) is 24.2. The summed E-state index contributed by atoms with van der Waals surface area (Å²) in [7, 11) is 0. The lowest BCUT2D eigenvalue weighted by atomic mass is 9.66. The van der Waals surface area contributed by atoms with E-state index >= 15 is 0 Å². The first-order valence-electron chi connectivity index (χ1n) is 7.08. The van der Waals surface area contributed by atoms with Crippen LogP contribution in [0.15, 0.2) is 24.3 Å². The van der Waals surface area contributed by atoms with E-state index < -0.39 is 0 Å². The van der Waals surface area contributed by atoms with Crippen LogP contribution in [0.1, 0.15) is 44.1 Å². The summed E-state index contributed by atoms with van der Waals surface area (Å²) in [5.74, 6) is -0.0582. The standard InChI is InChI=1S/C16H18ClNO2/c1-16(8-10-6-7-10)9-13(19)18-15(20)14(16)11-4-2-3-5-12(11)17/h2-5,10,14H,6-9H2,1H3,(H,18,19,20). The van der Waals surface area contributed by atoms with Gasteiger partial charge < -0.3 is 0 Å². The molecule has 2 fully saturated rings. The number of amides is 2. The summed E-state index contributed by atoms with van der Waals surface area (Å²) in [5, 5.41) is 3.07. The Balaban J connectivity index is 2.01. The fourth-order valence-corrected chi connectivity index (χ4v) is 3.68. The van der Waals surface area contributed by atoms with Gasteiger partial charge in [-0.2, -0.15) is 0 Å². The monoisotopic (exact) mass is 291 g/mol. The van der Waals surface area contributed by atoms with E-state index in [0.717, 1.165) is 12.0 Å². The van der Waals surface area contributed by atoms with Crippen molar-refractivity contribution in [3.05, 3.63) is 34.9 Å². The zero-order valence-electron chi connectivity index (χ0n) is 11.5. The highest BCUT2D eigenvalue weighted by Crippen LogP contribution is 2.51. The normalized spacial score (nSPS) is 30.2. The molecule has 106 valence electrons. The van der Waals surface area contributed by atoms with E-state index in [1.54, 1.807) is 6.07 Å². The van der Waals surface area contributed by atoms with Crippen LogP contribution in [0.4, 0.5) is 0 Å². The summed E-state index contributed by atoms with van der Waals surface area (Å²) in [6.45, 7) is 2.05. The smallest absolute Gasteiger partial charge is 0.234 e. The van der Waals surface area contributed by atoms with Crippen LogP contribution in [0, 0.1) is 11.3 Å². The van der Waals surface area contributed by atoms with Gasteiger partial charge in [-0.15, -0.1) is 0 Å². The quantitative estimate of drug-likeness (QED) is 0.869. The fourth-order valence-electron chi connectivity index (χ4n) is 3.44. The second-order valence-electron chi connectivity index (χ2n) is 6.35. The van der Waals surface area contributed by atoms with Crippen LogP contribution in [-0.2, 0) is 9.59 Å². The summed E-state index contributed by atoms with van der Waals surface area (Å²) in [5.41, 5.74) is 0.508. The third kappa shape index (κ3) is 2.47. The van der Waals surface area contributed by atoms with E-state index in [4.69, 9.17) is 11.6 Å². The van der Waals surface area contributed by atoms with Crippen LogP contribution in [0.5, 0.6) is 0 Å². The Morgan fingerprint density at radius 3 is 2.65 bits per heavy atom. The van der Waals surface area contributed by atoms with Gasteiger partial charge in [0.15, 0.2) is 0 Å². The molecule has 2 aliphatic rings. The average molecular weight is 292 g/mol. The van der Waals surface area contributed by atoms with E-state index in [1.165, 1.54) is 12.8 Å². The predicted octanol–water partition coefficient (Wildman–Crippen LogP) is 3.28. The predicted molar refractivity (Wildman–Crippen MR) is 77.4 cm³/mol. The number of carbonyl (C=O) groups excluding carboxylic acids is 2. The number of halogens is 1. The lowest BCUT2D eigenvalue weighted by Crippen LogP contribution is -2.49. The van der Waals surface area contributed by atoms with E-state index in [1.807, 2.05) is 18.2 Å². The maximum atomic E-state index is 12.4. The van der Waals surface area contributed by atoms with Crippen LogP contribution < -0.4 is 5.32 Å². The van der Waals surface area contributed by atoms with Gasteiger partial charge in [-0.1, -0.05) is 49.6 Å². The molecule has 2 amide bonds. The summed E-state index contributed by atoms with van der Waals surface area (Å²) < 4.78 is 0. The molecule has 2 atom stereocenters. The highest BCUT2D eigenvalue weighted by atomic mass is 35.5. The van der Waals surface area contributed by atoms with Crippen molar-refractivity contribution in [3.63, 3.8) is 0 Å². The number of hydrogen-bond donors (Lipinski definition) is 1. The van der Waals surface area contributed by atoms with Crippen molar-refractivity contribution in [3.8, 4) is 0 Å². The molecular formula is C16H18ClNO2. The van der Waals surface area contributed by atoms with Gasteiger partial charge in [-0.3, -0.25) is 14.9 Å². The minimum absolute atomic E-state index is 0.165. The van der Waals surface area contributed by atoms with Crippen LogP contribution >= 0.6 is 11.6 Å². The average Bonchev–Trinajstić information content (AvgIpc) is 3.13. The van der Waals surface area contributed by atoms with Gasteiger partial charge in [0.05, 0.1) is 5.92 Å². The number of hydrogen-bond acceptors (Lipinski definition) is 2. The minimum atomic E-state index is -0.338. The molecule has 1 aliphatic heterocycles. The lowest BCUT2D eigenvalue weighted by molar-refractivity contribution is -0.139. The van der Waals surface area contributed by atoms with Gasteiger partial charge in [0, 0.05) is 11.4 Å². The maximum Gasteiger partial charge on any atom is 0.234 e. The lowest BCUT2D eigenvalue weighted by Gasteiger charge is -2.40. The van der Waals surface area contributed by atoms with Crippen molar-refractivity contribution in [2.24, 2.45) is 11.3 Å². The molecule has 1 heterocycles. The molecule has 2 unspecified atom stereocenters. The molecule has 1 saturated carbocycles. The third-order valence-electron chi connectivity index (χ3n) is 4.45. The van der Waals surface area contributed by atoms with Gasteiger partial charge in [-0.25, -0.2) is 0 Å². The van der Waals surface area contributed by atoms with Crippen molar-refractivity contribution in [1.29, 1.82) is 0 Å². The number of imide groups is 1. The Morgan fingerprint density at radius 1 is 1.30 bits per heavy atom. The van der Waals surface area contributed by atoms with Crippen molar-refractivity contribution >= 4 is 23.4 Å². The topological polar surface area (TPSA) is 46.2 Å². The molecule has 1 N–H and O–H groups in total. The van der Waals surface area contributed by atoms with Crippen LogP contribution in [0.2, 0.25) is 5.02 Å². The molecule has 0 bridgehead atoms. The molecule has 20 heavy (non-hydrogen) atoms. The van der Waals surface area contributed by atoms with Crippen LogP contribution in [-0.4, -0.2) is 11.8 Å². The number of carbonyl (C=O) groups is 2. The highest BCUT2D eigenvalue weighted by Gasteiger charge is 2.48. The summed E-state index contributed by atoms with van der Waals surface area (Å²) >= 11 is 6.27. The summed E-state index contributed by atoms with van der Waals surface area (Å²) in [6, 6.07) is 7.45. The molecule has 3 rings (SSSR count). The Hall–Kier alpha value is -1.35. The molecule has 3 nitrogen and oxygen atoms in total. The number of piperidine rings is 1.